The van der Waals surface area contributed by atoms with Crippen LogP contribution in [0.25, 0.3) is 33.1 Å². The Kier molecular flexibility index (Phi) is 2.42. The molecule has 4 heteroatoms. The first kappa shape index (κ1) is 12.1. The summed E-state index contributed by atoms with van der Waals surface area (Å²) in [5.41, 5.74) is 4.20. The summed E-state index contributed by atoms with van der Waals surface area (Å²) in [6, 6.07) is 11.7. The average molecular weight is 279 g/mol. The van der Waals surface area contributed by atoms with Gasteiger partial charge in [0.05, 0.1) is 17.4 Å². The highest BCUT2D eigenvalue weighted by atomic mass is 19.1. The maximum atomic E-state index is 15.0. The fourth-order valence-electron chi connectivity index (χ4n) is 2.92. The van der Waals surface area contributed by atoms with Crippen LogP contribution in [-0.2, 0) is 7.05 Å². The zero-order valence-corrected chi connectivity index (χ0v) is 11.8. The van der Waals surface area contributed by atoms with E-state index in [1.807, 2.05) is 50.4 Å². The second-order valence-corrected chi connectivity index (χ2v) is 5.32. The second kappa shape index (κ2) is 4.19. The molecule has 0 saturated carbocycles. The number of hydrogen-bond acceptors (Lipinski definition) is 1. The Hall–Kier alpha value is -2.62. The number of H-pyrrole nitrogens is 1. The molecule has 4 aromatic rings. The Morgan fingerprint density at radius 1 is 1.14 bits per heavy atom. The van der Waals surface area contributed by atoms with Gasteiger partial charge in [-0.05, 0) is 24.6 Å². The van der Waals surface area contributed by atoms with Crippen molar-refractivity contribution in [2.24, 2.45) is 7.05 Å². The highest BCUT2D eigenvalue weighted by Gasteiger charge is 2.17. The molecule has 2 heterocycles. The largest absolute Gasteiger partial charge is 0.352 e. The Bertz CT molecular complexity index is 978. The summed E-state index contributed by atoms with van der Waals surface area (Å²) in [6.45, 7) is 1.99. The van der Waals surface area contributed by atoms with E-state index in [4.69, 9.17) is 0 Å². The van der Waals surface area contributed by atoms with Crippen molar-refractivity contribution in [3.8, 4) is 11.3 Å². The van der Waals surface area contributed by atoms with Crippen molar-refractivity contribution in [2.45, 2.75) is 6.92 Å². The summed E-state index contributed by atoms with van der Waals surface area (Å²) in [4.78, 5) is 3.21. The van der Waals surface area contributed by atoms with Gasteiger partial charge < -0.3 is 4.98 Å². The van der Waals surface area contributed by atoms with Crippen molar-refractivity contribution >= 4 is 21.8 Å². The molecule has 0 saturated heterocycles. The maximum Gasteiger partial charge on any atom is 0.157 e. The normalized spacial score (nSPS) is 11.6. The Balaban J connectivity index is 2.11. The number of fused-ring (bicyclic) bond motifs is 3. The van der Waals surface area contributed by atoms with E-state index in [0.717, 1.165) is 27.5 Å². The molecular formula is C17H14FN3. The van der Waals surface area contributed by atoms with Crippen LogP contribution in [0.2, 0.25) is 0 Å². The van der Waals surface area contributed by atoms with E-state index in [9.17, 15) is 4.39 Å². The van der Waals surface area contributed by atoms with Crippen LogP contribution in [0, 0.1) is 12.7 Å². The van der Waals surface area contributed by atoms with Gasteiger partial charge in [-0.3, -0.25) is 4.68 Å². The van der Waals surface area contributed by atoms with Gasteiger partial charge in [-0.1, -0.05) is 24.3 Å². The standard InChI is InChI=1S/C17H14FN3/c1-10-5-3-4-6-11(10)17-16(18)15-12-9-19-21(2)14(12)8-7-13(15)20-17/h3-9,20H,1-2H3. The van der Waals surface area contributed by atoms with Crippen LogP contribution in [0.15, 0.2) is 42.6 Å². The molecule has 0 bridgehead atoms. The van der Waals surface area contributed by atoms with E-state index in [0.29, 0.717) is 11.1 Å². The van der Waals surface area contributed by atoms with Crippen molar-refractivity contribution in [3.63, 3.8) is 0 Å². The minimum absolute atomic E-state index is 0.210. The van der Waals surface area contributed by atoms with Gasteiger partial charge in [0.1, 0.15) is 0 Å². The number of rotatable bonds is 1. The Labute approximate surface area is 121 Å². The number of benzene rings is 2. The van der Waals surface area contributed by atoms with Gasteiger partial charge in [0.25, 0.3) is 0 Å². The molecule has 0 fully saturated rings. The molecule has 2 aromatic carbocycles. The summed E-state index contributed by atoms with van der Waals surface area (Å²) >= 11 is 0. The number of nitrogens with one attached hydrogen (secondary N) is 1. The lowest BCUT2D eigenvalue weighted by molar-refractivity contribution is 0.643. The summed E-state index contributed by atoms with van der Waals surface area (Å²) in [7, 11) is 1.86. The molecule has 0 radical (unpaired) electrons. The lowest BCUT2D eigenvalue weighted by atomic mass is 10.1. The molecule has 1 N–H and O–H groups in total. The SMILES string of the molecule is Cc1ccccc1-c1[nH]c2ccc3c(cnn3C)c2c1F. The minimum Gasteiger partial charge on any atom is -0.352 e. The molecule has 0 unspecified atom stereocenters. The molecule has 0 spiro atoms. The summed E-state index contributed by atoms with van der Waals surface area (Å²) in [6.07, 6.45) is 1.72. The zero-order chi connectivity index (χ0) is 14.6. The first-order valence-electron chi connectivity index (χ1n) is 6.84. The Morgan fingerprint density at radius 2 is 1.95 bits per heavy atom. The summed E-state index contributed by atoms with van der Waals surface area (Å²) in [5.74, 6) is -0.210. The first-order chi connectivity index (χ1) is 10.2. The van der Waals surface area contributed by atoms with E-state index < -0.39 is 0 Å². The van der Waals surface area contributed by atoms with Crippen molar-refractivity contribution in [3.05, 3.63) is 54.0 Å². The molecule has 0 aliphatic heterocycles. The topological polar surface area (TPSA) is 33.6 Å². The molecule has 4 rings (SSSR count). The van der Waals surface area contributed by atoms with Crippen LogP contribution in [0.1, 0.15) is 5.56 Å². The Morgan fingerprint density at radius 3 is 2.76 bits per heavy atom. The molecule has 0 aliphatic carbocycles. The molecule has 0 amide bonds. The van der Waals surface area contributed by atoms with Gasteiger partial charge >= 0.3 is 0 Å². The number of aryl methyl sites for hydroxylation is 2. The van der Waals surface area contributed by atoms with Crippen LogP contribution < -0.4 is 0 Å². The minimum atomic E-state index is -0.210. The predicted molar refractivity (Wildman–Crippen MR) is 82.7 cm³/mol. The van der Waals surface area contributed by atoms with Gasteiger partial charge in [0, 0.05) is 28.9 Å². The smallest absolute Gasteiger partial charge is 0.157 e. The molecule has 0 aliphatic rings. The van der Waals surface area contributed by atoms with Gasteiger partial charge in [0.15, 0.2) is 5.82 Å². The number of hydrogen-bond donors (Lipinski definition) is 1. The van der Waals surface area contributed by atoms with Crippen LogP contribution in [0.5, 0.6) is 0 Å². The maximum absolute atomic E-state index is 15.0. The summed E-state index contributed by atoms with van der Waals surface area (Å²) < 4.78 is 16.7. The number of aromatic amines is 1. The third-order valence-corrected chi connectivity index (χ3v) is 4.04. The van der Waals surface area contributed by atoms with E-state index in [1.54, 1.807) is 10.9 Å². The van der Waals surface area contributed by atoms with Crippen LogP contribution >= 0.6 is 0 Å². The fourth-order valence-corrected chi connectivity index (χ4v) is 2.92. The van der Waals surface area contributed by atoms with Crippen LogP contribution in [0.3, 0.4) is 0 Å². The second-order valence-electron chi connectivity index (χ2n) is 5.32. The molecule has 2 aromatic heterocycles. The van der Waals surface area contributed by atoms with E-state index in [2.05, 4.69) is 10.1 Å². The molecule has 0 atom stereocenters. The first-order valence-corrected chi connectivity index (χ1v) is 6.84. The van der Waals surface area contributed by atoms with E-state index >= 15 is 0 Å². The zero-order valence-electron chi connectivity index (χ0n) is 11.8. The van der Waals surface area contributed by atoms with Crippen molar-refractivity contribution in [1.82, 2.24) is 14.8 Å². The van der Waals surface area contributed by atoms with E-state index in [-0.39, 0.29) is 5.82 Å². The van der Waals surface area contributed by atoms with Gasteiger partial charge in [-0.25, -0.2) is 4.39 Å². The molecule has 21 heavy (non-hydrogen) atoms. The fraction of sp³-hybridized carbons (Fsp3) is 0.118. The highest BCUT2D eigenvalue weighted by Crippen LogP contribution is 2.34. The van der Waals surface area contributed by atoms with Crippen LogP contribution in [0.4, 0.5) is 4.39 Å². The number of nitrogens with zero attached hydrogens (tertiary/aromatic N) is 2. The summed E-state index contributed by atoms with van der Waals surface area (Å²) in [5, 5.41) is 5.67. The number of aromatic nitrogens is 3. The number of halogens is 1. The lowest BCUT2D eigenvalue weighted by Crippen LogP contribution is -1.87. The van der Waals surface area contributed by atoms with Crippen molar-refractivity contribution in [1.29, 1.82) is 0 Å². The lowest BCUT2D eigenvalue weighted by Gasteiger charge is -2.02. The molecular weight excluding hydrogens is 265 g/mol. The third-order valence-electron chi connectivity index (χ3n) is 4.04. The third kappa shape index (κ3) is 1.62. The van der Waals surface area contributed by atoms with Crippen LogP contribution in [-0.4, -0.2) is 14.8 Å². The quantitative estimate of drug-likeness (QED) is 0.557. The highest BCUT2D eigenvalue weighted by molar-refractivity contribution is 6.07. The van der Waals surface area contributed by atoms with E-state index in [1.165, 1.54) is 0 Å². The molecule has 3 nitrogen and oxygen atoms in total. The van der Waals surface area contributed by atoms with Gasteiger partial charge in [-0.2, -0.15) is 5.10 Å². The monoisotopic (exact) mass is 279 g/mol. The molecule has 104 valence electrons. The van der Waals surface area contributed by atoms with Gasteiger partial charge in [-0.15, -0.1) is 0 Å². The predicted octanol–water partition coefficient (Wildman–Crippen LogP) is 4.17. The average Bonchev–Trinajstić information content (AvgIpc) is 3.01. The van der Waals surface area contributed by atoms with Gasteiger partial charge in [0.2, 0.25) is 0 Å². The van der Waals surface area contributed by atoms with Crippen molar-refractivity contribution < 1.29 is 4.39 Å². The van der Waals surface area contributed by atoms with Crippen molar-refractivity contribution in [2.75, 3.05) is 0 Å².